The number of nitrogens with zero attached hydrogens (tertiary/aromatic N) is 1. The van der Waals surface area contributed by atoms with Crippen molar-refractivity contribution in [2.45, 2.75) is 25.2 Å². The van der Waals surface area contributed by atoms with Gasteiger partial charge in [-0.05, 0) is 18.1 Å². The lowest BCUT2D eigenvalue weighted by Crippen LogP contribution is -2.27. The third kappa shape index (κ3) is 3.70. The van der Waals surface area contributed by atoms with Gasteiger partial charge in [-0.3, -0.25) is 0 Å². The van der Waals surface area contributed by atoms with Crippen LogP contribution in [-0.2, 0) is 16.1 Å². The first-order valence-corrected chi connectivity index (χ1v) is 5.72. The SMILES string of the molecule is N#C[C@@H]1C=CC[C@@H](COCc2ccccc2)O1. The monoisotopic (exact) mass is 229 g/mol. The molecular formula is C14H15NO2. The van der Waals surface area contributed by atoms with Gasteiger partial charge in [-0.15, -0.1) is 0 Å². The van der Waals surface area contributed by atoms with Crippen molar-refractivity contribution in [3.8, 4) is 6.07 Å². The fourth-order valence-corrected chi connectivity index (χ4v) is 1.73. The fraction of sp³-hybridized carbons (Fsp3) is 0.357. The van der Waals surface area contributed by atoms with Gasteiger partial charge in [-0.1, -0.05) is 36.4 Å². The van der Waals surface area contributed by atoms with Crippen LogP contribution in [0.2, 0.25) is 0 Å². The van der Waals surface area contributed by atoms with Crippen LogP contribution in [0.15, 0.2) is 42.5 Å². The Labute approximate surface area is 101 Å². The summed E-state index contributed by atoms with van der Waals surface area (Å²) < 4.78 is 11.1. The van der Waals surface area contributed by atoms with Gasteiger partial charge < -0.3 is 9.47 Å². The molecule has 1 heterocycles. The highest BCUT2D eigenvalue weighted by atomic mass is 16.5. The van der Waals surface area contributed by atoms with Crippen LogP contribution >= 0.6 is 0 Å². The van der Waals surface area contributed by atoms with Crippen molar-refractivity contribution in [3.63, 3.8) is 0 Å². The van der Waals surface area contributed by atoms with Gasteiger partial charge in [0, 0.05) is 0 Å². The topological polar surface area (TPSA) is 42.2 Å². The molecule has 0 bridgehead atoms. The zero-order chi connectivity index (χ0) is 11.9. The molecule has 3 nitrogen and oxygen atoms in total. The van der Waals surface area contributed by atoms with Gasteiger partial charge in [0.05, 0.1) is 25.4 Å². The van der Waals surface area contributed by atoms with Gasteiger partial charge >= 0.3 is 0 Å². The molecule has 2 rings (SSSR count). The van der Waals surface area contributed by atoms with E-state index in [0.717, 1.165) is 12.0 Å². The lowest BCUT2D eigenvalue weighted by Gasteiger charge is -2.21. The summed E-state index contributed by atoms with van der Waals surface area (Å²) in [6.45, 7) is 1.11. The molecule has 0 aromatic heterocycles. The van der Waals surface area contributed by atoms with Crippen LogP contribution < -0.4 is 0 Å². The van der Waals surface area contributed by atoms with E-state index in [1.54, 1.807) is 6.08 Å². The van der Waals surface area contributed by atoms with E-state index in [9.17, 15) is 0 Å². The van der Waals surface area contributed by atoms with Gasteiger partial charge in [0.15, 0.2) is 6.10 Å². The van der Waals surface area contributed by atoms with E-state index in [4.69, 9.17) is 14.7 Å². The molecule has 0 amide bonds. The first kappa shape index (κ1) is 11.8. The predicted molar refractivity (Wildman–Crippen MR) is 64.1 cm³/mol. The van der Waals surface area contributed by atoms with E-state index in [2.05, 4.69) is 6.07 Å². The highest BCUT2D eigenvalue weighted by molar-refractivity contribution is 5.13. The maximum absolute atomic E-state index is 8.75. The van der Waals surface area contributed by atoms with E-state index in [1.165, 1.54) is 0 Å². The summed E-state index contributed by atoms with van der Waals surface area (Å²) in [5.41, 5.74) is 1.15. The molecule has 1 aromatic rings. The molecule has 0 radical (unpaired) electrons. The Kier molecular flexibility index (Phi) is 4.31. The molecule has 1 aromatic carbocycles. The smallest absolute Gasteiger partial charge is 0.162 e. The van der Waals surface area contributed by atoms with Crippen LogP contribution in [0.5, 0.6) is 0 Å². The minimum Gasteiger partial charge on any atom is -0.374 e. The average molecular weight is 229 g/mol. The zero-order valence-electron chi connectivity index (χ0n) is 9.58. The lowest BCUT2D eigenvalue weighted by molar-refractivity contribution is -0.0332. The summed E-state index contributed by atoms with van der Waals surface area (Å²) in [4.78, 5) is 0. The summed E-state index contributed by atoms with van der Waals surface area (Å²) in [5.74, 6) is 0. The largest absolute Gasteiger partial charge is 0.374 e. The maximum atomic E-state index is 8.75. The Morgan fingerprint density at radius 1 is 1.35 bits per heavy atom. The molecule has 0 fully saturated rings. The Bertz CT molecular complexity index is 408. The highest BCUT2D eigenvalue weighted by Gasteiger charge is 2.17. The summed E-state index contributed by atoms with van der Waals surface area (Å²) in [6.07, 6.45) is 4.15. The van der Waals surface area contributed by atoms with Gasteiger partial charge in [0.25, 0.3) is 0 Å². The van der Waals surface area contributed by atoms with E-state index in [-0.39, 0.29) is 6.10 Å². The van der Waals surface area contributed by atoms with E-state index < -0.39 is 6.10 Å². The number of benzene rings is 1. The van der Waals surface area contributed by atoms with Crippen molar-refractivity contribution in [3.05, 3.63) is 48.0 Å². The molecule has 0 spiro atoms. The number of ether oxygens (including phenoxy) is 2. The third-order valence-corrected chi connectivity index (χ3v) is 2.59. The van der Waals surface area contributed by atoms with Crippen molar-refractivity contribution >= 4 is 0 Å². The van der Waals surface area contributed by atoms with Crippen molar-refractivity contribution in [1.29, 1.82) is 5.26 Å². The Morgan fingerprint density at radius 2 is 2.18 bits per heavy atom. The molecule has 0 N–H and O–H groups in total. The molecule has 0 aliphatic carbocycles. The second-order valence-corrected chi connectivity index (χ2v) is 3.97. The maximum Gasteiger partial charge on any atom is 0.162 e. The van der Waals surface area contributed by atoms with Gasteiger partial charge in [-0.25, -0.2) is 0 Å². The molecule has 0 saturated carbocycles. The van der Waals surface area contributed by atoms with Crippen LogP contribution in [0, 0.1) is 11.3 Å². The van der Waals surface area contributed by atoms with Gasteiger partial charge in [0.1, 0.15) is 0 Å². The molecule has 17 heavy (non-hydrogen) atoms. The average Bonchev–Trinajstić information content (AvgIpc) is 2.40. The van der Waals surface area contributed by atoms with Crippen LogP contribution in [-0.4, -0.2) is 18.8 Å². The Morgan fingerprint density at radius 3 is 2.94 bits per heavy atom. The fourth-order valence-electron chi connectivity index (χ4n) is 1.73. The molecule has 2 atom stereocenters. The van der Waals surface area contributed by atoms with E-state index >= 15 is 0 Å². The summed E-state index contributed by atoms with van der Waals surface area (Å²) >= 11 is 0. The molecule has 1 aliphatic rings. The molecule has 0 saturated heterocycles. The van der Waals surface area contributed by atoms with Crippen LogP contribution in [0.4, 0.5) is 0 Å². The van der Waals surface area contributed by atoms with Crippen molar-refractivity contribution in [1.82, 2.24) is 0 Å². The van der Waals surface area contributed by atoms with Gasteiger partial charge in [-0.2, -0.15) is 5.26 Å². The number of hydrogen-bond acceptors (Lipinski definition) is 3. The van der Waals surface area contributed by atoms with Crippen molar-refractivity contribution in [2.24, 2.45) is 0 Å². The highest BCUT2D eigenvalue weighted by Crippen LogP contribution is 2.12. The second kappa shape index (κ2) is 6.19. The standard InChI is InChI=1S/C14H15NO2/c15-9-13-7-4-8-14(17-13)11-16-10-12-5-2-1-3-6-12/h1-7,13-14H,8,10-11H2/t13-,14-/m0/s1. The summed E-state index contributed by atoms with van der Waals surface area (Å²) in [5, 5.41) is 8.75. The number of hydrogen-bond donors (Lipinski definition) is 0. The second-order valence-electron chi connectivity index (χ2n) is 3.97. The predicted octanol–water partition coefficient (Wildman–Crippen LogP) is 2.44. The van der Waals surface area contributed by atoms with Crippen LogP contribution in [0.25, 0.3) is 0 Å². The van der Waals surface area contributed by atoms with E-state index in [0.29, 0.717) is 13.2 Å². The molecule has 3 heteroatoms. The number of nitriles is 1. The van der Waals surface area contributed by atoms with Gasteiger partial charge in [0.2, 0.25) is 0 Å². The number of rotatable bonds is 4. The molecule has 88 valence electrons. The zero-order valence-corrected chi connectivity index (χ0v) is 9.58. The van der Waals surface area contributed by atoms with Crippen LogP contribution in [0.1, 0.15) is 12.0 Å². The first-order valence-electron chi connectivity index (χ1n) is 5.72. The molecule has 0 unspecified atom stereocenters. The van der Waals surface area contributed by atoms with Crippen molar-refractivity contribution < 1.29 is 9.47 Å². The minimum atomic E-state index is -0.422. The third-order valence-electron chi connectivity index (χ3n) is 2.59. The molecule has 1 aliphatic heterocycles. The normalized spacial score (nSPS) is 23.2. The summed E-state index contributed by atoms with van der Waals surface area (Å²) in [6, 6.07) is 12.1. The van der Waals surface area contributed by atoms with Crippen molar-refractivity contribution in [2.75, 3.05) is 6.61 Å². The summed E-state index contributed by atoms with van der Waals surface area (Å²) in [7, 11) is 0. The quantitative estimate of drug-likeness (QED) is 0.745. The van der Waals surface area contributed by atoms with Crippen LogP contribution in [0.3, 0.4) is 0 Å². The Balaban J connectivity index is 1.73. The lowest BCUT2D eigenvalue weighted by atomic mass is 10.1. The Hall–Kier alpha value is -1.63. The molecular weight excluding hydrogens is 214 g/mol. The van der Waals surface area contributed by atoms with E-state index in [1.807, 2.05) is 36.4 Å². The minimum absolute atomic E-state index is 0.00615. The first-order chi connectivity index (χ1) is 8.38.